The second-order valence-electron chi connectivity index (χ2n) is 3.37. The van der Waals surface area contributed by atoms with Gasteiger partial charge in [-0.1, -0.05) is 27.7 Å². The third kappa shape index (κ3) is 3.15. The standard InChI is InChI=1S/C9H9Cl2N3S2/c1-14(4-6-2-3-8(10)15-6)5-7-9(11)16-13-12-7/h2-3H,4-5H2,1H3. The van der Waals surface area contributed by atoms with Gasteiger partial charge in [-0.05, 0) is 19.2 Å². The van der Waals surface area contributed by atoms with Gasteiger partial charge in [0.25, 0.3) is 0 Å². The highest BCUT2D eigenvalue weighted by Crippen LogP contribution is 2.24. The Hall–Kier alpha value is -0.200. The van der Waals surface area contributed by atoms with E-state index in [0.717, 1.165) is 16.6 Å². The van der Waals surface area contributed by atoms with Crippen molar-refractivity contribution in [2.24, 2.45) is 0 Å². The molecule has 0 aliphatic heterocycles. The van der Waals surface area contributed by atoms with Gasteiger partial charge in [0.15, 0.2) is 0 Å². The summed E-state index contributed by atoms with van der Waals surface area (Å²) in [7, 11) is 2.02. The van der Waals surface area contributed by atoms with Crippen molar-refractivity contribution in [1.82, 2.24) is 14.5 Å². The van der Waals surface area contributed by atoms with Crippen LogP contribution in [0.4, 0.5) is 0 Å². The summed E-state index contributed by atoms with van der Waals surface area (Å²) in [4.78, 5) is 3.36. The molecule has 0 spiro atoms. The summed E-state index contributed by atoms with van der Waals surface area (Å²) in [5.41, 5.74) is 0.830. The minimum Gasteiger partial charge on any atom is -0.295 e. The lowest BCUT2D eigenvalue weighted by molar-refractivity contribution is 0.318. The van der Waals surface area contributed by atoms with Gasteiger partial charge in [-0.25, -0.2) is 0 Å². The highest BCUT2D eigenvalue weighted by atomic mass is 35.5. The zero-order valence-electron chi connectivity index (χ0n) is 8.48. The number of aromatic nitrogens is 2. The van der Waals surface area contributed by atoms with Crippen LogP contribution in [0, 0.1) is 0 Å². The van der Waals surface area contributed by atoms with Gasteiger partial charge in [-0.3, -0.25) is 4.90 Å². The van der Waals surface area contributed by atoms with E-state index < -0.39 is 0 Å². The summed E-state index contributed by atoms with van der Waals surface area (Å²) < 4.78 is 5.28. The molecule has 0 aromatic carbocycles. The third-order valence-electron chi connectivity index (χ3n) is 1.98. The van der Waals surface area contributed by atoms with Crippen LogP contribution in [0.25, 0.3) is 0 Å². The summed E-state index contributed by atoms with van der Waals surface area (Å²) in [5, 5.41) is 3.97. The van der Waals surface area contributed by atoms with E-state index in [4.69, 9.17) is 23.2 Å². The molecular formula is C9H9Cl2N3S2. The zero-order chi connectivity index (χ0) is 11.5. The van der Waals surface area contributed by atoms with Crippen molar-refractivity contribution in [1.29, 1.82) is 0 Å². The van der Waals surface area contributed by atoms with Crippen LogP contribution < -0.4 is 0 Å². The molecule has 0 saturated heterocycles. The Morgan fingerprint density at radius 2 is 2.12 bits per heavy atom. The topological polar surface area (TPSA) is 29.0 Å². The molecule has 2 rings (SSSR count). The molecule has 0 unspecified atom stereocenters. The molecule has 0 radical (unpaired) electrons. The molecule has 86 valence electrons. The minimum absolute atomic E-state index is 0.663. The van der Waals surface area contributed by atoms with E-state index in [0.29, 0.717) is 10.9 Å². The Bertz CT molecular complexity index is 469. The van der Waals surface area contributed by atoms with E-state index in [1.807, 2.05) is 19.2 Å². The number of hydrogen-bond acceptors (Lipinski definition) is 5. The first-order valence-corrected chi connectivity index (χ1v) is 6.89. The van der Waals surface area contributed by atoms with Crippen molar-refractivity contribution in [3.63, 3.8) is 0 Å². The van der Waals surface area contributed by atoms with Crippen LogP contribution in [0.2, 0.25) is 8.67 Å². The van der Waals surface area contributed by atoms with E-state index in [1.165, 1.54) is 16.4 Å². The summed E-state index contributed by atoms with van der Waals surface area (Å²) in [5.74, 6) is 0. The molecule has 0 fully saturated rings. The summed E-state index contributed by atoms with van der Waals surface area (Å²) >= 11 is 14.6. The molecule has 0 aliphatic rings. The van der Waals surface area contributed by atoms with E-state index >= 15 is 0 Å². The normalized spacial score (nSPS) is 11.2. The molecule has 3 nitrogen and oxygen atoms in total. The number of rotatable bonds is 4. The first-order valence-electron chi connectivity index (χ1n) is 4.54. The largest absolute Gasteiger partial charge is 0.295 e. The van der Waals surface area contributed by atoms with Crippen LogP contribution in [0.1, 0.15) is 10.6 Å². The monoisotopic (exact) mass is 293 g/mol. The van der Waals surface area contributed by atoms with Crippen LogP contribution >= 0.6 is 46.1 Å². The molecule has 2 aromatic heterocycles. The third-order valence-corrected chi connectivity index (χ3v) is 4.18. The van der Waals surface area contributed by atoms with Gasteiger partial charge >= 0.3 is 0 Å². The lowest BCUT2D eigenvalue weighted by Gasteiger charge is -2.13. The molecule has 7 heteroatoms. The number of hydrogen-bond donors (Lipinski definition) is 0. The van der Waals surface area contributed by atoms with Crippen LogP contribution in [-0.4, -0.2) is 21.5 Å². The van der Waals surface area contributed by atoms with Crippen molar-refractivity contribution in [3.05, 3.63) is 31.4 Å². The molecule has 2 aromatic rings. The number of halogens is 2. The molecule has 0 N–H and O–H groups in total. The summed E-state index contributed by atoms with van der Waals surface area (Å²) in [6.45, 7) is 1.54. The molecule has 0 bridgehead atoms. The summed E-state index contributed by atoms with van der Waals surface area (Å²) in [6, 6.07) is 3.94. The zero-order valence-corrected chi connectivity index (χ0v) is 11.6. The predicted octanol–water partition coefficient (Wildman–Crippen LogP) is 3.54. The van der Waals surface area contributed by atoms with Gasteiger partial charge in [0, 0.05) is 29.5 Å². The highest BCUT2D eigenvalue weighted by Gasteiger charge is 2.09. The van der Waals surface area contributed by atoms with E-state index in [-0.39, 0.29) is 0 Å². The molecule has 16 heavy (non-hydrogen) atoms. The number of nitrogens with zero attached hydrogens (tertiary/aromatic N) is 3. The molecule has 2 heterocycles. The van der Waals surface area contributed by atoms with Gasteiger partial charge in [-0.15, -0.1) is 16.4 Å². The van der Waals surface area contributed by atoms with Gasteiger partial charge < -0.3 is 0 Å². The fourth-order valence-corrected chi connectivity index (χ4v) is 3.09. The van der Waals surface area contributed by atoms with Crippen LogP contribution in [0.3, 0.4) is 0 Å². The van der Waals surface area contributed by atoms with Crippen molar-refractivity contribution in [2.45, 2.75) is 13.1 Å². The first-order chi connectivity index (χ1) is 7.65. The van der Waals surface area contributed by atoms with Gasteiger partial charge in [0.2, 0.25) is 0 Å². The van der Waals surface area contributed by atoms with Crippen molar-refractivity contribution in [2.75, 3.05) is 7.05 Å². The lowest BCUT2D eigenvalue weighted by Crippen LogP contribution is -2.16. The Balaban J connectivity index is 1.94. The van der Waals surface area contributed by atoms with Gasteiger partial charge in [0.1, 0.15) is 10.0 Å². The Morgan fingerprint density at radius 1 is 1.31 bits per heavy atom. The van der Waals surface area contributed by atoms with E-state index in [9.17, 15) is 0 Å². The minimum atomic E-state index is 0.663. The van der Waals surface area contributed by atoms with Crippen LogP contribution in [0.15, 0.2) is 12.1 Å². The smallest absolute Gasteiger partial charge is 0.138 e. The van der Waals surface area contributed by atoms with Crippen LogP contribution in [0.5, 0.6) is 0 Å². The van der Waals surface area contributed by atoms with Crippen molar-refractivity contribution >= 4 is 46.1 Å². The second-order valence-corrected chi connectivity index (χ2v) is 6.53. The van der Waals surface area contributed by atoms with E-state index in [1.54, 1.807) is 11.3 Å². The fraction of sp³-hybridized carbons (Fsp3) is 0.333. The summed E-state index contributed by atoms with van der Waals surface area (Å²) in [6.07, 6.45) is 0. The Morgan fingerprint density at radius 3 is 2.69 bits per heavy atom. The predicted molar refractivity (Wildman–Crippen MR) is 69.4 cm³/mol. The fourth-order valence-electron chi connectivity index (χ4n) is 1.31. The number of thiophene rings is 1. The molecule has 0 atom stereocenters. The molecule has 0 aliphatic carbocycles. The van der Waals surface area contributed by atoms with Crippen molar-refractivity contribution in [3.8, 4) is 0 Å². The highest BCUT2D eigenvalue weighted by molar-refractivity contribution is 7.16. The molecule has 0 amide bonds. The Kier molecular flexibility index (Phi) is 4.16. The van der Waals surface area contributed by atoms with Crippen LogP contribution in [-0.2, 0) is 13.1 Å². The van der Waals surface area contributed by atoms with Gasteiger partial charge in [-0.2, -0.15) is 0 Å². The SMILES string of the molecule is CN(Cc1ccc(Cl)s1)Cc1nnsc1Cl. The molecule has 0 saturated carbocycles. The van der Waals surface area contributed by atoms with Gasteiger partial charge in [0.05, 0.1) is 4.34 Å². The Labute approximate surface area is 112 Å². The first kappa shape index (κ1) is 12.3. The molecular weight excluding hydrogens is 285 g/mol. The maximum Gasteiger partial charge on any atom is 0.138 e. The average Bonchev–Trinajstić information content (AvgIpc) is 2.77. The van der Waals surface area contributed by atoms with E-state index in [2.05, 4.69) is 14.5 Å². The lowest BCUT2D eigenvalue weighted by atomic mass is 10.4. The average molecular weight is 294 g/mol. The van der Waals surface area contributed by atoms with Crippen molar-refractivity contribution < 1.29 is 0 Å². The maximum atomic E-state index is 5.94. The maximum absolute atomic E-state index is 5.94. The second kappa shape index (κ2) is 5.42. The quantitative estimate of drug-likeness (QED) is 0.863.